The molecule has 0 bridgehead atoms. The molecule has 1 aliphatic heterocycles. The van der Waals surface area contributed by atoms with E-state index in [4.69, 9.17) is 5.73 Å². The number of aromatic nitrogens is 2. The van der Waals surface area contributed by atoms with Gasteiger partial charge >= 0.3 is 0 Å². The fourth-order valence-electron chi connectivity index (χ4n) is 3.68. The van der Waals surface area contributed by atoms with Crippen LogP contribution in [0.4, 0.5) is 28.7 Å². The molecule has 0 radical (unpaired) electrons. The third kappa shape index (κ3) is 4.15. The Morgan fingerprint density at radius 3 is 2.45 bits per heavy atom. The van der Waals surface area contributed by atoms with Gasteiger partial charge in [-0.15, -0.1) is 0 Å². The van der Waals surface area contributed by atoms with Crippen molar-refractivity contribution in [3.63, 3.8) is 0 Å². The molecular formula is C22H25BrN6. The molecular weight excluding hydrogens is 428 g/mol. The van der Waals surface area contributed by atoms with E-state index in [1.165, 1.54) is 16.8 Å². The molecule has 1 aromatic heterocycles. The maximum Gasteiger partial charge on any atom is 0.159 e. The standard InChI is InChI=1S/C22H25BrN6/c1-15-5-3-8-19(16(15)2)28-9-11-29(12-10-28)22-20(24)21(25-14-26-22)27-18-7-4-6-17(23)13-18/h3-8,13-14H,9-12,24H2,1-2H3,(H,25,26,27). The fourth-order valence-corrected chi connectivity index (χ4v) is 4.08. The molecule has 0 amide bonds. The molecule has 1 fully saturated rings. The average molecular weight is 453 g/mol. The normalized spacial score (nSPS) is 14.2. The van der Waals surface area contributed by atoms with E-state index >= 15 is 0 Å². The third-order valence-corrected chi connectivity index (χ3v) is 5.94. The minimum atomic E-state index is 0.577. The first-order valence-corrected chi connectivity index (χ1v) is 10.5. The summed E-state index contributed by atoms with van der Waals surface area (Å²) in [5, 5.41) is 3.30. The van der Waals surface area contributed by atoms with Crippen LogP contribution in [0.3, 0.4) is 0 Å². The molecule has 1 saturated heterocycles. The number of hydrogen-bond donors (Lipinski definition) is 2. The Kier molecular flexibility index (Phi) is 5.58. The number of benzene rings is 2. The van der Waals surface area contributed by atoms with Crippen molar-refractivity contribution >= 4 is 44.6 Å². The van der Waals surface area contributed by atoms with Crippen LogP contribution in [0, 0.1) is 13.8 Å². The molecule has 0 saturated carbocycles. The van der Waals surface area contributed by atoms with E-state index in [-0.39, 0.29) is 0 Å². The van der Waals surface area contributed by atoms with E-state index < -0.39 is 0 Å². The molecule has 150 valence electrons. The van der Waals surface area contributed by atoms with E-state index in [0.717, 1.165) is 42.2 Å². The lowest BCUT2D eigenvalue weighted by Crippen LogP contribution is -2.47. The molecule has 1 aliphatic rings. The Balaban J connectivity index is 1.49. The van der Waals surface area contributed by atoms with E-state index in [2.05, 4.69) is 73.1 Å². The lowest BCUT2D eigenvalue weighted by atomic mass is 10.1. The van der Waals surface area contributed by atoms with Gasteiger partial charge in [-0.1, -0.05) is 34.1 Å². The van der Waals surface area contributed by atoms with Gasteiger partial charge in [0, 0.05) is 42.0 Å². The number of halogens is 1. The van der Waals surface area contributed by atoms with Crippen LogP contribution in [0.1, 0.15) is 11.1 Å². The summed E-state index contributed by atoms with van der Waals surface area (Å²) < 4.78 is 0.998. The highest BCUT2D eigenvalue weighted by Gasteiger charge is 2.22. The quantitative estimate of drug-likeness (QED) is 0.606. The Hall–Kier alpha value is -2.80. The van der Waals surface area contributed by atoms with Gasteiger partial charge in [-0.25, -0.2) is 9.97 Å². The Bertz CT molecular complexity index is 1010. The van der Waals surface area contributed by atoms with Gasteiger partial charge in [-0.2, -0.15) is 0 Å². The van der Waals surface area contributed by atoms with Crippen molar-refractivity contribution in [2.75, 3.05) is 47.0 Å². The van der Waals surface area contributed by atoms with Crippen molar-refractivity contribution in [1.29, 1.82) is 0 Å². The van der Waals surface area contributed by atoms with Gasteiger partial charge in [0.15, 0.2) is 11.6 Å². The second-order valence-electron chi connectivity index (χ2n) is 7.29. The summed E-state index contributed by atoms with van der Waals surface area (Å²) in [5.41, 5.74) is 11.9. The van der Waals surface area contributed by atoms with Crippen molar-refractivity contribution in [3.8, 4) is 0 Å². The summed E-state index contributed by atoms with van der Waals surface area (Å²) in [4.78, 5) is 13.5. The lowest BCUT2D eigenvalue weighted by Gasteiger charge is -2.38. The largest absolute Gasteiger partial charge is 0.393 e. The number of piperazine rings is 1. The van der Waals surface area contributed by atoms with Gasteiger partial charge in [0.1, 0.15) is 12.0 Å². The van der Waals surface area contributed by atoms with E-state index in [1.54, 1.807) is 6.33 Å². The summed E-state index contributed by atoms with van der Waals surface area (Å²) in [5.74, 6) is 1.42. The van der Waals surface area contributed by atoms with Crippen LogP contribution in [0.15, 0.2) is 53.3 Å². The summed E-state index contributed by atoms with van der Waals surface area (Å²) in [7, 11) is 0. The molecule has 3 aromatic rings. The number of hydrogen-bond acceptors (Lipinski definition) is 6. The fraction of sp³-hybridized carbons (Fsp3) is 0.273. The van der Waals surface area contributed by atoms with Crippen LogP contribution < -0.4 is 20.9 Å². The molecule has 0 atom stereocenters. The summed E-state index contributed by atoms with van der Waals surface area (Å²) in [6.45, 7) is 7.95. The third-order valence-electron chi connectivity index (χ3n) is 5.45. The molecule has 2 aromatic carbocycles. The van der Waals surface area contributed by atoms with Gasteiger partial charge in [0.25, 0.3) is 0 Å². The van der Waals surface area contributed by atoms with E-state index in [9.17, 15) is 0 Å². The Labute approximate surface area is 179 Å². The Morgan fingerprint density at radius 2 is 1.69 bits per heavy atom. The predicted octanol–water partition coefficient (Wildman–Crippen LogP) is 4.51. The van der Waals surface area contributed by atoms with Gasteiger partial charge in [-0.05, 0) is 49.2 Å². The number of anilines is 5. The molecule has 29 heavy (non-hydrogen) atoms. The van der Waals surface area contributed by atoms with Crippen LogP contribution >= 0.6 is 15.9 Å². The van der Waals surface area contributed by atoms with Crippen LogP contribution in [0.2, 0.25) is 0 Å². The molecule has 0 unspecified atom stereocenters. The van der Waals surface area contributed by atoms with Gasteiger partial charge in [-0.3, -0.25) is 0 Å². The van der Waals surface area contributed by atoms with Gasteiger partial charge in [0.05, 0.1) is 0 Å². The average Bonchev–Trinajstić information content (AvgIpc) is 2.72. The first-order chi connectivity index (χ1) is 14.0. The van der Waals surface area contributed by atoms with Crippen LogP contribution in [0.25, 0.3) is 0 Å². The van der Waals surface area contributed by atoms with Crippen molar-refractivity contribution in [1.82, 2.24) is 9.97 Å². The number of rotatable bonds is 4. The van der Waals surface area contributed by atoms with Gasteiger partial charge in [0.2, 0.25) is 0 Å². The topological polar surface area (TPSA) is 70.3 Å². The smallest absolute Gasteiger partial charge is 0.159 e. The number of nitrogens with two attached hydrogens (primary N) is 1. The Morgan fingerprint density at radius 1 is 0.966 bits per heavy atom. The van der Waals surface area contributed by atoms with E-state index in [1.807, 2.05) is 24.3 Å². The first-order valence-electron chi connectivity index (χ1n) is 9.72. The summed E-state index contributed by atoms with van der Waals surface area (Å²) in [6, 6.07) is 14.4. The van der Waals surface area contributed by atoms with E-state index in [0.29, 0.717) is 11.5 Å². The summed E-state index contributed by atoms with van der Waals surface area (Å²) in [6.07, 6.45) is 1.57. The second kappa shape index (κ2) is 8.29. The first kappa shape index (κ1) is 19.5. The number of aryl methyl sites for hydroxylation is 1. The molecule has 0 spiro atoms. The van der Waals surface area contributed by atoms with Crippen LogP contribution in [0.5, 0.6) is 0 Å². The zero-order chi connectivity index (χ0) is 20.4. The van der Waals surface area contributed by atoms with Crippen molar-refractivity contribution < 1.29 is 0 Å². The maximum absolute atomic E-state index is 6.44. The number of nitrogen functional groups attached to an aromatic ring is 1. The monoisotopic (exact) mass is 452 g/mol. The zero-order valence-corrected chi connectivity index (χ0v) is 18.3. The van der Waals surface area contributed by atoms with Crippen molar-refractivity contribution in [2.45, 2.75) is 13.8 Å². The van der Waals surface area contributed by atoms with Crippen molar-refractivity contribution in [3.05, 3.63) is 64.4 Å². The molecule has 0 aliphatic carbocycles. The van der Waals surface area contributed by atoms with Crippen LogP contribution in [-0.2, 0) is 0 Å². The number of nitrogens with one attached hydrogen (secondary N) is 1. The molecule has 6 nitrogen and oxygen atoms in total. The van der Waals surface area contributed by atoms with Gasteiger partial charge < -0.3 is 20.9 Å². The minimum absolute atomic E-state index is 0.577. The maximum atomic E-state index is 6.44. The minimum Gasteiger partial charge on any atom is -0.393 e. The SMILES string of the molecule is Cc1cccc(N2CCN(c3ncnc(Nc4cccc(Br)c4)c3N)CC2)c1C. The summed E-state index contributed by atoms with van der Waals surface area (Å²) >= 11 is 3.49. The molecule has 4 rings (SSSR count). The zero-order valence-electron chi connectivity index (χ0n) is 16.7. The molecule has 3 N–H and O–H groups in total. The second-order valence-corrected chi connectivity index (χ2v) is 8.20. The molecule has 2 heterocycles. The highest BCUT2D eigenvalue weighted by atomic mass is 79.9. The lowest BCUT2D eigenvalue weighted by molar-refractivity contribution is 0.646. The highest BCUT2D eigenvalue weighted by Crippen LogP contribution is 2.31. The van der Waals surface area contributed by atoms with Crippen LogP contribution in [-0.4, -0.2) is 36.1 Å². The number of nitrogens with zero attached hydrogens (tertiary/aromatic N) is 4. The van der Waals surface area contributed by atoms with Crippen molar-refractivity contribution in [2.24, 2.45) is 0 Å². The molecule has 7 heteroatoms. The highest BCUT2D eigenvalue weighted by molar-refractivity contribution is 9.10. The predicted molar refractivity (Wildman–Crippen MR) is 124 cm³/mol.